The van der Waals surface area contributed by atoms with Gasteiger partial charge in [-0.3, -0.25) is 9.69 Å². The number of carbonyl (C=O) groups excluding carboxylic acids is 2. The molecule has 0 fully saturated rings. The van der Waals surface area contributed by atoms with Crippen LogP contribution in [0.25, 0.3) is 10.2 Å². The van der Waals surface area contributed by atoms with Crippen molar-refractivity contribution in [2.45, 2.75) is 19.8 Å². The van der Waals surface area contributed by atoms with Gasteiger partial charge < -0.3 is 10.6 Å². The van der Waals surface area contributed by atoms with E-state index in [1.54, 1.807) is 17.0 Å². The molecular formula is C25H24N4O2S. The van der Waals surface area contributed by atoms with Crippen LogP contribution < -0.4 is 15.5 Å². The number of fused-ring (bicyclic) bond motifs is 1. The number of aryl methyl sites for hydroxylation is 1. The summed E-state index contributed by atoms with van der Waals surface area (Å²) >= 11 is 1.47. The Balaban J connectivity index is 1.48. The Morgan fingerprint density at radius 3 is 2.38 bits per heavy atom. The summed E-state index contributed by atoms with van der Waals surface area (Å²) < 4.78 is 1.02. The molecule has 0 aliphatic rings. The molecule has 4 rings (SSSR count). The summed E-state index contributed by atoms with van der Waals surface area (Å²) in [5.74, 6) is -0.131. The van der Waals surface area contributed by atoms with E-state index in [0.717, 1.165) is 22.3 Å². The van der Waals surface area contributed by atoms with Crippen molar-refractivity contribution in [1.29, 1.82) is 0 Å². The number of para-hydroxylation sites is 2. The van der Waals surface area contributed by atoms with Gasteiger partial charge in [-0.25, -0.2) is 9.78 Å². The van der Waals surface area contributed by atoms with Crippen LogP contribution in [0, 0.1) is 0 Å². The molecule has 0 spiro atoms. The Labute approximate surface area is 190 Å². The van der Waals surface area contributed by atoms with Crippen molar-refractivity contribution in [3.8, 4) is 0 Å². The summed E-state index contributed by atoms with van der Waals surface area (Å²) in [6.07, 6.45) is 1.07. The highest BCUT2D eigenvalue weighted by molar-refractivity contribution is 7.22. The average molecular weight is 445 g/mol. The van der Waals surface area contributed by atoms with E-state index in [-0.39, 0.29) is 24.9 Å². The SMILES string of the molecule is CCc1ccc(N(C(=O)CCNC(=O)Nc2ccccc2)c2nc3ccccc3s2)cc1. The Bertz CT molecular complexity index is 1170. The number of carbonyl (C=O) groups is 2. The molecule has 162 valence electrons. The smallest absolute Gasteiger partial charge is 0.319 e. The van der Waals surface area contributed by atoms with Gasteiger partial charge in [0.15, 0.2) is 5.13 Å². The number of anilines is 3. The molecule has 3 aromatic carbocycles. The third-order valence-electron chi connectivity index (χ3n) is 4.98. The minimum Gasteiger partial charge on any atom is -0.337 e. The highest BCUT2D eigenvalue weighted by atomic mass is 32.1. The molecule has 6 nitrogen and oxygen atoms in total. The number of benzene rings is 3. The van der Waals surface area contributed by atoms with Crippen molar-refractivity contribution in [1.82, 2.24) is 10.3 Å². The first kappa shape index (κ1) is 21.5. The van der Waals surface area contributed by atoms with Gasteiger partial charge in [-0.15, -0.1) is 0 Å². The highest BCUT2D eigenvalue weighted by Gasteiger charge is 2.21. The molecule has 32 heavy (non-hydrogen) atoms. The number of nitrogens with one attached hydrogen (secondary N) is 2. The Hall–Kier alpha value is -3.71. The number of hydrogen-bond acceptors (Lipinski definition) is 4. The number of hydrogen-bond donors (Lipinski definition) is 2. The molecule has 0 radical (unpaired) electrons. The first-order chi connectivity index (χ1) is 15.6. The third-order valence-corrected chi connectivity index (χ3v) is 6.00. The zero-order valence-corrected chi connectivity index (χ0v) is 18.6. The summed E-state index contributed by atoms with van der Waals surface area (Å²) in [4.78, 5) is 31.7. The summed E-state index contributed by atoms with van der Waals surface area (Å²) in [6, 6.07) is 24.6. The lowest BCUT2D eigenvalue weighted by atomic mass is 10.1. The van der Waals surface area contributed by atoms with Crippen LogP contribution in [-0.4, -0.2) is 23.5 Å². The molecule has 0 unspecified atom stereocenters. The maximum atomic E-state index is 13.2. The largest absolute Gasteiger partial charge is 0.337 e. The van der Waals surface area contributed by atoms with E-state index in [1.165, 1.54) is 16.9 Å². The quantitative estimate of drug-likeness (QED) is 0.382. The van der Waals surface area contributed by atoms with Crippen molar-refractivity contribution in [2.24, 2.45) is 0 Å². The standard InChI is InChI=1S/C25H24N4O2S/c1-2-18-12-14-20(15-13-18)29(25-28-21-10-6-7-11-22(21)32-25)23(30)16-17-26-24(31)27-19-8-4-3-5-9-19/h3-15H,2,16-17H2,1H3,(H2,26,27,31). The van der Waals surface area contributed by atoms with E-state index in [1.807, 2.05) is 66.7 Å². The zero-order valence-electron chi connectivity index (χ0n) is 17.7. The molecule has 1 heterocycles. The van der Waals surface area contributed by atoms with E-state index in [0.29, 0.717) is 10.8 Å². The molecular weight excluding hydrogens is 420 g/mol. The summed E-state index contributed by atoms with van der Waals surface area (Å²) in [5.41, 5.74) is 3.52. The van der Waals surface area contributed by atoms with Crippen LogP contribution in [0.3, 0.4) is 0 Å². The molecule has 2 N–H and O–H groups in total. The second kappa shape index (κ2) is 10.1. The predicted octanol–water partition coefficient (Wildman–Crippen LogP) is 5.74. The van der Waals surface area contributed by atoms with Crippen LogP contribution in [0.15, 0.2) is 78.9 Å². The molecule has 0 bridgehead atoms. The van der Waals surface area contributed by atoms with E-state index < -0.39 is 0 Å². The Morgan fingerprint density at radius 2 is 1.66 bits per heavy atom. The van der Waals surface area contributed by atoms with Crippen LogP contribution in [-0.2, 0) is 11.2 Å². The molecule has 0 aliphatic carbocycles. The van der Waals surface area contributed by atoms with Crippen LogP contribution in [0.4, 0.5) is 21.3 Å². The predicted molar refractivity (Wildman–Crippen MR) is 131 cm³/mol. The van der Waals surface area contributed by atoms with Gasteiger partial charge in [0, 0.05) is 18.7 Å². The van der Waals surface area contributed by atoms with Gasteiger partial charge >= 0.3 is 6.03 Å². The number of rotatable bonds is 7. The number of nitrogens with zero attached hydrogens (tertiary/aromatic N) is 2. The fourth-order valence-corrected chi connectivity index (χ4v) is 4.29. The minimum atomic E-state index is -0.345. The number of urea groups is 1. The molecule has 0 atom stereocenters. The normalized spacial score (nSPS) is 10.7. The lowest BCUT2D eigenvalue weighted by molar-refractivity contribution is -0.117. The van der Waals surface area contributed by atoms with Crippen LogP contribution in [0.1, 0.15) is 18.9 Å². The molecule has 3 amide bonds. The second-order valence-corrected chi connectivity index (χ2v) is 8.22. The lowest BCUT2D eigenvalue weighted by Crippen LogP contribution is -2.34. The minimum absolute atomic E-state index is 0.131. The van der Waals surface area contributed by atoms with E-state index >= 15 is 0 Å². The fourth-order valence-electron chi connectivity index (χ4n) is 3.29. The first-order valence-electron chi connectivity index (χ1n) is 10.5. The molecule has 0 saturated carbocycles. The van der Waals surface area contributed by atoms with E-state index in [2.05, 4.69) is 22.5 Å². The van der Waals surface area contributed by atoms with Crippen molar-refractivity contribution in [3.63, 3.8) is 0 Å². The van der Waals surface area contributed by atoms with Gasteiger partial charge in [0.05, 0.1) is 15.9 Å². The summed E-state index contributed by atoms with van der Waals surface area (Å²) in [7, 11) is 0. The van der Waals surface area contributed by atoms with E-state index in [9.17, 15) is 9.59 Å². The molecule has 1 aromatic heterocycles. The van der Waals surface area contributed by atoms with Crippen LogP contribution in [0.2, 0.25) is 0 Å². The third kappa shape index (κ3) is 5.12. The van der Waals surface area contributed by atoms with Crippen LogP contribution in [0.5, 0.6) is 0 Å². The first-order valence-corrected chi connectivity index (χ1v) is 11.3. The lowest BCUT2D eigenvalue weighted by Gasteiger charge is -2.20. The summed E-state index contributed by atoms with van der Waals surface area (Å²) in [6.45, 7) is 2.31. The molecule has 7 heteroatoms. The number of amides is 3. The highest BCUT2D eigenvalue weighted by Crippen LogP contribution is 2.34. The average Bonchev–Trinajstić information content (AvgIpc) is 3.24. The van der Waals surface area contributed by atoms with Gasteiger partial charge in [0.25, 0.3) is 0 Å². The maximum absolute atomic E-state index is 13.2. The van der Waals surface area contributed by atoms with Crippen LogP contribution >= 0.6 is 11.3 Å². The van der Waals surface area contributed by atoms with Crippen molar-refractivity contribution >= 4 is 50.0 Å². The van der Waals surface area contributed by atoms with E-state index in [4.69, 9.17) is 0 Å². The van der Waals surface area contributed by atoms with Crippen molar-refractivity contribution < 1.29 is 9.59 Å². The Morgan fingerprint density at radius 1 is 0.938 bits per heavy atom. The maximum Gasteiger partial charge on any atom is 0.319 e. The van der Waals surface area contributed by atoms with Crippen molar-refractivity contribution in [2.75, 3.05) is 16.8 Å². The molecule has 0 saturated heterocycles. The summed E-state index contributed by atoms with van der Waals surface area (Å²) in [5, 5.41) is 6.12. The van der Waals surface area contributed by atoms with Gasteiger partial charge in [0.1, 0.15) is 0 Å². The molecule has 4 aromatic rings. The topological polar surface area (TPSA) is 74.3 Å². The molecule has 0 aliphatic heterocycles. The zero-order chi connectivity index (χ0) is 22.3. The number of aromatic nitrogens is 1. The monoisotopic (exact) mass is 444 g/mol. The second-order valence-electron chi connectivity index (χ2n) is 7.21. The fraction of sp³-hybridized carbons (Fsp3) is 0.160. The van der Waals surface area contributed by atoms with Gasteiger partial charge in [-0.2, -0.15) is 0 Å². The van der Waals surface area contributed by atoms with Gasteiger partial charge in [-0.05, 0) is 48.4 Å². The Kier molecular flexibility index (Phi) is 6.77. The number of thiazole rings is 1. The van der Waals surface area contributed by atoms with Crippen molar-refractivity contribution in [3.05, 3.63) is 84.4 Å². The van der Waals surface area contributed by atoms with Gasteiger partial charge in [-0.1, -0.05) is 60.7 Å². The van der Waals surface area contributed by atoms with Gasteiger partial charge in [0.2, 0.25) is 5.91 Å².